The summed E-state index contributed by atoms with van der Waals surface area (Å²) in [5, 5.41) is 14.7. The minimum atomic E-state index is -0.723. The van der Waals surface area contributed by atoms with Gasteiger partial charge in [-0.05, 0) is 89.0 Å². The van der Waals surface area contributed by atoms with Crippen LogP contribution in [0.1, 0.15) is 110 Å². The van der Waals surface area contributed by atoms with Crippen LogP contribution in [0.2, 0.25) is 0 Å². The number of nitrogens with zero attached hydrogens (tertiary/aromatic N) is 3. The van der Waals surface area contributed by atoms with Crippen molar-refractivity contribution in [3.8, 4) is 0 Å². The number of carbonyl (C=O) groups excluding carboxylic acids is 6. The first-order valence-electron chi connectivity index (χ1n) is 21.0. The lowest BCUT2D eigenvalue weighted by Gasteiger charge is -2.54. The number of primary amides is 1. The number of rotatable bonds is 14. The molecule has 7 rings (SSSR count). The molecule has 5 aliphatic rings. The highest BCUT2D eigenvalue weighted by atomic mass is 19.1. The lowest BCUT2D eigenvalue weighted by Crippen LogP contribution is -2.67. The number of hydrogen-bond donors (Lipinski definition) is 4. The van der Waals surface area contributed by atoms with Crippen molar-refractivity contribution in [2.24, 2.45) is 11.7 Å². The number of nitrogens with two attached hydrogens (primary N) is 1. The number of alkyl carbamates (subject to hydrolysis) is 1. The Morgan fingerprint density at radius 2 is 1.62 bits per heavy atom. The fraction of sp³-hybridized carbons (Fsp3) is 0.568. The van der Waals surface area contributed by atoms with E-state index in [0.717, 1.165) is 32.1 Å². The molecule has 0 radical (unpaired) electrons. The van der Waals surface area contributed by atoms with Gasteiger partial charge < -0.3 is 45.9 Å². The zero-order valence-corrected chi connectivity index (χ0v) is 34.9. The number of piperazine rings is 1. The van der Waals surface area contributed by atoms with Gasteiger partial charge in [0.05, 0.1) is 29.9 Å². The van der Waals surface area contributed by atoms with Crippen LogP contribution in [-0.4, -0.2) is 125 Å². The van der Waals surface area contributed by atoms with Crippen LogP contribution in [-0.2, 0) is 30.3 Å². The lowest BCUT2D eigenvalue weighted by molar-refractivity contribution is -0.177. The van der Waals surface area contributed by atoms with Gasteiger partial charge in [-0.3, -0.25) is 24.0 Å². The summed E-state index contributed by atoms with van der Waals surface area (Å²) in [6.45, 7) is 6.33. The fourth-order valence-electron chi connectivity index (χ4n) is 8.98. The Morgan fingerprint density at radius 1 is 0.967 bits per heavy atom. The first-order valence-corrected chi connectivity index (χ1v) is 21.0. The van der Waals surface area contributed by atoms with Crippen molar-refractivity contribution in [3.05, 3.63) is 70.5 Å². The monoisotopic (exact) mass is 831 g/mol. The SMILES string of the molecule is CC(C)(C)OC(=O)NC(C(=O)NC12CCC(CN(C=O)CC(=O)N3CCN(C(=O)c4cc(CC(=N)c5ccccc5C(N)=O)ccc4F)CC3)(CC1)OC2)C1CCCCC1. The van der Waals surface area contributed by atoms with E-state index in [0.29, 0.717) is 43.2 Å². The second-order valence-electron chi connectivity index (χ2n) is 17.8. The van der Waals surface area contributed by atoms with Crippen molar-refractivity contribution in [3.63, 3.8) is 0 Å². The van der Waals surface area contributed by atoms with Gasteiger partial charge in [0.2, 0.25) is 24.1 Å². The molecule has 324 valence electrons. The molecule has 3 saturated heterocycles. The van der Waals surface area contributed by atoms with Gasteiger partial charge in [-0.25, -0.2) is 9.18 Å². The summed E-state index contributed by atoms with van der Waals surface area (Å²) in [5.41, 5.74) is 4.51. The molecule has 2 aliphatic carbocycles. The molecule has 1 atom stereocenters. The van der Waals surface area contributed by atoms with Crippen LogP contribution >= 0.6 is 0 Å². The molecule has 15 nitrogen and oxygen atoms in total. The first-order chi connectivity index (χ1) is 28.5. The van der Waals surface area contributed by atoms with E-state index >= 15 is 4.39 Å². The Bertz CT molecular complexity index is 1950. The van der Waals surface area contributed by atoms with Crippen LogP contribution < -0.4 is 16.4 Å². The molecule has 2 aromatic rings. The molecular weight excluding hydrogens is 774 g/mol. The molecule has 3 heterocycles. The van der Waals surface area contributed by atoms with Crippen LogP contribution in [0.5, 0.6) is 0 Å². The number of amides is 6. The van der Waals surface area contributed by atoms with Crippen LogP contribution in [0.4, 0.5) is 9.18 Å². The van der Waals surface area contributed by atoms with Crippen LogP contribution in [0.3, 0.4) is 0 Å². The predicted octanol–water partition coefficient (Wildman–Crippen LogP) is 3.95. The quantitative estimate of drug-likeness (QED) is 0.162. The molecule has 2 aromatic carbocycles. The third kappa shape index (κ3) is 10.7. The highest BCUT2D eigenvalue weighted by molar-refractivity contribution is 6.09. The van der Waals surface area contributed by atoms with Gasteiger partial charge in [-0.2, -0.15) is 0 Å². The molecule has 5 N–H and O–H groups in total. The Hall–Kier alpha value is -5.38. The smallest absolute Gasteiger partial charge is 0.408 e. The van der Waals surface area contributed by atoms with Crippen molar-refractivity contribution in [2.75, 3.05) is 45.9 Å². The van der Waals surface area contributed by atoms with Gasteiger partial charge in [0.1, 0.15) is 17.5 Å². The highest BCUT2D eigenvalue weighted by Crippen LogP contribution is 2.44. The van der Waals surface area contributed by atoms with Crippen LogP contribution in [0.25, 0.3) is 0 Å². The third-order valence-electron chi connectivity index (χ3n) is 12.3. The lowest BCUT2D eigenvalue weighted by atomic mass is 9.70. The average molecular weight is 832 g/mol. The van der Waals surface area contributed by atoms with Gasteiger partial charge in [-0.1, -0.05) is 43.5 Å². The zero-order valence-electron chi connectivity index (χ0n) is 34.9. The molecule has 2 bridgehead atoms. The molecular formula is C44H58FN7O8. The van der Waals surface area contributed by atoms with Gasteiger partial charge >= 0.3 is 6.09 Å². The second kappa shape index (κ2) is 18.5. The van der Waals surface area contributed by atoms with Gasteiger partial charge in [0.25, 0.3) is 5.91 Å². The number of nitrogens with one attached hydrogen (secondary N) is 3. The summed E-state index contributed by atoms with van der Waals surface area (Å²) >= 11 is 0. The maximum atomic E-state index is 15.0. The molecule has 6 amide bonds. The zero-order chi connectivity index (χ0) is 43.2. The van der Waals surface area contributed by atoms with E-state index in [4.69, 9.17) is 20.6 Å². The summed E-state index contributed by atoms with van der Waals surface area (Å²) in [4.78, 5) is 82.2. The molecule has 3 aliphatic heterocycles. The number of ether oxygens (including phenoxy) is 2. The molecule has 60 heavy (non-hydrogen) atoms. The summed E-state index contributed by atoms with van der Waals surface area (Å²) < 4.78 is 26.9. The van der Waals surface area contributed by atoms with Crippen molar-refractivity contribution >= 4 is 41.8 Å². The molecule has 0 aromatic heterocycles. The van der Waals surface area contributed by atoms with E-state index in [2.05, 4.69) is 10.6 Å². The first kappa shape index (κ1) is 44.2. The number of benzene rings is 2. The molecule has 0 spiro atoms. The third-order valence-corrected chi connectivity index (χ3v) is 12.3. The van der Waals surface area contributed by atoms with E-state index in [1.54, 1.807) is 43.9 Å². The Morgan fingerprint density at radius 3 is 2.22 bits per heavy atom. The van der Waals surface area contributed by atoms with Crippen molar-refractivity contribution in [1.29, 1.82) is 5.41 Å². The number of hydrogen-bond acceptors (Lipinski definition) is 9. The number of fused-ring (bicyclic) bond motifs is 3. The molecule has 16 heteroatoms. The number of carbonyl (C=O) groups is 6. The van der Waals surface area contributed by atoms with E-state index in [1.807, 2.05) is 0 Å². The van der Waals surface area contributed by atoms with E-state index in [9.17, 15) is 28.8 Å². The average Bonchev–Trinajstić information content (AvgIpc) is 3.23. The standard InChI is InChI=1S/C44H58FN7O8/c1-42(2,3)60-41(58)48-37(30-9-5-4-6-10-30)39(56)49-43-15-17-44(18-16-43,59-27-43)26-50(28-53)25-36(54)51-19-21-52(22-20-51)40(57)33-23-29(13-14-34(33)45)24-35(46)31-11-7-8-12-32(31)38(47)55/h7-8,11-14,23,28,30,37,46H,4-6,9-10,15-22,24-27H2,1-3H3,(H2,47,55)(H,48,58)(H,49,56). The van der Waals surface area contributed by atoms with Crippen LogP contribution in [0.15, 0.2) is 42.5 Å². The van der Waals surface area contributed by atoms with Gasteiger partial charge in [0, 0.05) is 56.0 Å². The second-order valence-corrected chi connectivity index (χ2v) is 17.8. The highest BCUT2D eigenvalue weighted by Gasteiger charge is 2.52. The summed E-state index contributed by atoms with van der Waals surface area (Å²) in [6, 6.07) is 9.84. The maximum absolute atomic E-state index is 15.0. The van der Waals surface area contributed by atoms with Crippen molar-refractivity contribution in [1.82, 2.24) is 25.3 Å². The predicted molar refractivity (Wildman–Crippen MR) is 220 cm³/mol. The summed E-state index contributed by atoms with van der Waals surface area (Å²) in [6.07, 6.45) is 7.23. The largest absolute Gasteiger partial charge is 0.444 e. The Kier molecular flexibility index (Phi) is 13.6. The van der Waals surface area contributed by atoms with E-state index in [-0.39, 0.29) is 86.9 Å². The van der Waals surface area contributed by atoms with E-state index < -0.39 is 46.5 Å². The van der Waals surface area contributed by atoms with Gasteiger partial charge in [0.15, 0.2) is 0 Å². The minimum absolute atomic E-state index is 0.00585. The Labute approximate surface area is 350 Å². The minimum Gasteiger partial charge on any atom is -0.444 e. The van der Waals surface area contributed by atoms with Crippen LogP contribution in [0, 0.1) is 17.1 Å². The maximum Gasteiger partial charge on any atom is 0.408 e. The topological polar surface area (TPSA) is 205 Å². The Balaban J connectivity index is 0.989. The summed E-state index contributed by atoms with van der Waals surface area (Å²) in [7, 11) is 0. The van der Waals surface area contributed by atoms with Gasteiger partial charge in [-0.15, -0.1) is 0 Å². The fourth-order valence-corrected chi connectivity index (χ4v) is 8.98. The number of halogens is 1. The molecule has 2 saturated carbocycles. The molecule has 1 unspecified atom stereocenters. The summed E-state index contributed by atoms with van der Waals surface area (Å²) in [5.74, 6) is -2.44. The van der Waals surface area contributed by atoms with Crippen molar-refractivity contribution in [2.45, 2.75) is 108 Å². The van der Waals surface area contributed by atoms with Crippen molar-refractivity contribution < 1.29 is 42.6 Å². The molecule has 5 fully saturated rings. The van der Waals surface area contributed by atoms with E-state index in [1.165, 1.54) is 34.1 Å². The normalized spacial score (nSPS) is 22.3.